The van der Waals surface area contributed by atoms with Crippen LogP contribution in [0.2, 0.25) is 0 Å². The normalized spacial score (nSPS) is 27.3. The molecule has 0 aromatic rings. The fourth-order valence-electron chi connectivity index (χ4n) is 2.35. The maximum Gasteiger partial charge on any atom is 0.316 e. The van der Waals surface area contributed by atoms with Crippen molar-refractivity contribution in [3.8, 4) is 0 Å². The highest BCUT2D eigenvalue weighted by Crippen LogP contribution is 2.26. The molecule has 128 valence electrons. The van der Waals surface area contributed by atoms with Gasteiger partial charge in [0.1, 0.15) is 12.0 Å². The number of hydrogen-bond donors (Lipinski definition) is 2. The van der Waals surface area contributed by atoms with Gasteiger partial charge in [-0.1, -0.05) is 13.0 Å². The first-order valence-corrected chi connectivity index (χ1v) is 7.42. The minimum atomic E-state index is -1.41. The molecule has 0 saturated carbocycles. The fourth-order valence-corrected chi connectivity index (χ4v) is 2.35. The van der Waals surface area contributed by atoms with Gasteiger partial charge in [-0.3, -0.25) is 19.3 Å². The van der Waals surface area contributed by atoms with Gasteiger partial charge in [0.05, 0.1) is 31.8 Å². The number of hydrogen-bond acceptors (Lipinski definition) is 7. The predicted molar refractivity (Wildman–Crippen MR) is 76.9 cm³/mol. The third-order valence-electron chi connectivity index (χ3n) is 4.18. The Balaban J connectivity index is 1.97. The maximum absolute atomic E-state index is 12.3. The van der Waals surface area contributed by atoms with Crippen LogP contribution in [0.25, 0.3) is 0 Å². The molecule has 8 heteroatoms. The maximum atomic E-state index is 12.3. The van der Waals surface area contributed by atoms with E-state index in [2.05, 4.69) is 0 Å². The first-order valence-electron chi connectivity index (χ1n) is 7.42. The summed E-state index contributed by atoms with van der Waals surface area (Å²) in [6.45, 7) is 1.59. The molecule has 1 fully saturated rings. The van der Waals surface area contributed by atoms with Crippen LogP contribution in [-0.4, -0.2) is 71.5 Å². The molecule has 2 amide bonds. The van der Waals surface area contributed by atoms with Crippen LogP contribution < -0.4 is 0 Å². The van der Waals surface area contributed by atoms with Crippen LogP contribution in [0.15, 0.2) is 12.2 Å². The number of aliphatic hydroxyl groups excluding tert-OH is 2. The highest BCUT2D eigenvalue weighted by atomic mass is 16.5. The number of ether oxygens (including phenoxy) is 2. The smallest absolute Gasteiger partial charge is 0.316 e. The average molecular weight is 327 g/mol. The van der Waals surface area contributed by atoms with Crippen LogP contribution >= 0.6 is 0 Å². The van der Waals surface area contributed by atoms with Gasteiger partial charge in [0.2, 0.25) is 5.91 Å². The molecular weight excluding hydrogens is 306 g/mol. The Bertz CT molecular complexity index is 526. The number of aliphatic hydroxyl groups is 2. The van der Waals surface area contributed by atoms with E-state index in [4.69, 9.17) is 19.7 Å². The van der Waals surface area contributed by atoms with E-state index in [0.29, 0.717) is 0 Å². The molecule has 2 bridgehead atoms. The second-order valence-electron chi connectivity index (χ2n) is 6.04. The number of carbonyl (C=O) groups is 3. The van der Waals surface area contributed by atoms with E-state index < -0.39 is 48.6 Å². The number of carbonyl (C=O) groups excluding carboxylic acids is 3. The molecule has 1 saturated heterocycles. The summed E-state index contributed by atoms with van der Waals surface area (Å²) in [6.07, 6.45) is 2.11. The molecule has 8 nitrogen and oxygen atoms in total. The van der Waals surface area contributed by atoms with Crippen molar-refractivity contribution in [2.75, 3.05) is 26.4 Å². The molecule has 2 unspecified atom stereocenters. The lowest BCUT2D eigenvalue weighted by Crippen LogP contribution is -2.46. The second-order valence-corrected chi connectivity index (χ2v) is 6.04. The van der Waals surface area contributed by atoms with Gasteiger partial charge in [-0.05, 0) is 13.0 Å². The number of amides is 2. The Morgan fingerprint density at radius 3 is 2.57 bits per heavy atom. The summed E-state index contributed by atoms with van der Waals surface area (Å²) in [7, 11) is 0. The van der Waals surface area contributed by atoms with E-state index in [1.165, 1.54) is 6.92 Å². The molecule has 0 radical (unpaired) electrons. The van der Waals surface area contributed by atoms with Crippen molar-refractivity contribution in [2.45, 2.75) is 26.1 Å². The van der Waals surface area contributed by atoms with E-state index >= 15 is 0 Å². The van der Waals surface area contributed by atoms with Crippen LogP contribution in [-0.2, 0) is 23.9 Å². The molecule has 2 rings (SSSR count). The summed E-state index contributed by atoms with van der Waals surface area (Å²) in [5.41, 5.74) is -1.41. The topological polar surface area (TPSA) is 113 Å². The predicted octanol–water partition coefficient (Wildman–Crippen LogP) is -1.15. The van der Waals surface area contributed by atoms with Gasteiger partial charge in [0.15, 0.2) is 6.10 Å². The molecule has 2 heterocycles. The molecule has 0 aromatic carbocycles. The Kier molecular flexibility index (Phi) is 5.18. The van der Waals surface area contributed by atoms with Crippen LogP contribution in [0.1, 0.15) is 13.8 Å². The SMILES string of the molecule is C[C@@H]1C(=O)N(CCOC(=O)C(C)(CO)CO)C(=O)C2C=CC1O2. The minimum absolute atomic E-state index is 0.0961. The zero-order valence-corrected chi connectivity index (χ0v) is 13.1. The van der Waals surface area contributed by atoms with Gasteiger partial charge in [0.25, 0.3) is 5.91 Å². The van der Waals surface area contributed by atoms with Crippen molar-refractivity contribution >= 4 is 17.8 Å². The third-order valence-corrected chi connectivity index (χ3v) is 4.18. The zero-order valence-electron chi connectivity index (χ0n) is 13.1. The number of nitrogens with zero attached hydrogens (tertiary/aromatic N) is 1. The van der Waals surface area contributed by atoms with Crippen molar-refractivity contribution in [2.24, 2.45) is 11.3 Å². The summed E-state index contributed by atoms with van der Waals surface area (Å²) in [5, 5.41) is 18.3. The number of rotatable bonds is 6. The fraction of sp³-hybridized carbons (Fsp3) is 0.667. The number of imide groups is 1. The van der Waals surface area contributed by atoms with E-state index in [1.54, 1.807) is 19.1 Å². The lowest BCUT2D eigenvalue weighted by Gasteiger charge is -2.25. The molecule has 0 aromatic heterocycles. The van der Waals surface area contributed by atoms with Gasteiger partial charge >= 0.3 is 5.97 Å². The van der Waals surface area contributed by atoms with Crippen molar-refractivity contribution in [1.29, 1.82) is 0 Å². The zero-order chi connectivity index (χ0) is 17.2. The highest BCUT2D eigenvalue weighted by molar-refractivity contribution is 6.00. The van der Waals surface area contributed by atoms with Crippen LogP contribution in [0.3, 0.4) is 0 Å². The third kappa shape index (κ3) is 3.29. The van der Waals surface area contributed by atoms with Crippen molar-refractivity contribution in [3.63, 3.8) is 0 Å². The first kappa shape index (κ1) is 17.6. The molecule has 2 N–H and O–H groups in total. The Morgan fingerprint density at radius 2 is 1.96 bits per heavy atom. The minimum Gasteiger partial charge on any atom is -0.463 e. The standard InChI is InChI=1S/C15H21NO7/c1-9-10-3-4-11(23-10)13(20)16(12(9)19)5-6-22-14(21)15(2,7-17)8-18/h3-4,9-11,17-18H,5-8H2,1-2H3/t9-,10?,11?/m0/s1. The largest absolute Gasteiger partial charge is 0.463 e. The molecule has 2 aliphatic rings. The van der Waals surface area contributed by atoms with E-state index in [9.17, 15) is 14.4 Å². The molecular formula is C15H21NO7. The lowest BCUT2D eigenvalue weighted by atomic mass is 9.93. The monoisotopic (exact) mass is 327 g/mol. The summed E-state index contributed by atoms with van der Waals surface area (Å²) in [4.78, 5) is 37.4. The van der Waals surface area contributed by atoms with Gasteiger partial charge in [-0.2, -0.15) is 0 Å². The van der Waals surface area contributed by atoms with E-state index in [0.717, 1.165) is 4.90 Å². The summed E-state index contributed by atoms with van der Waals surface area (Å²) < 4.78 is 10.4. The lowest BCUT2D eigenvalue weighted by molar-refractivity contribution is -0.163. The molecule has 0 spiro atoms. The molecule has 2 aliphatic heterocycles. The summed E-state index contributed by atoms with van der Waals surface area (Å²) in [6, 6.07) is 0. The van der Waals surface area contributed by atoms with Gasteiger partial charge < -0.3 is 19.7 Å². The Labute approximate surface area is 133 Å². The number of fused-ring (bicyclic) bond motifs is 2. The average Bonchev–Trinajstić information content (AvgIpc) is 3.03. The van der Waals surface area contributed by atoms with Gasteiger partial charge in [-0.25, -0.2) is 0 Å². The van der Waals surface area contributed by atoms with Crippen LogP contribution in [0, 0.1) is 11.3 Å². The second kappa shape index (κ2) is 6.77. The van der Waals surface area contributed by atoms with E-state index in [-0.39, 0.29) is 19.1 Å². The molecule has 23 heavy (non-hydrogen) atoms. The van der Waals surface area contributed by atoms with Crippen LogP contribution in [0.5, 0.6) is 0 Å². The molecule has 0 aliphatic carbocycles. The van der Waals surface area contributed by atoms with Crippen molar-refractivity contribution in [1.82, 2.24) is 4.90 Å². The highest BCUT2D eigenvalue weighted by Gasteiger charge is 2.42. The van der Waals surface area contributed by atoms with Gasteiger partial charge in [0, 0.05) is 0 Å². The van der Waals surface area contributed by atoms with Crippen molar-refractivity contribution < 1.29 is 34.1 Å². The van der Waals surface area contributed by atoms with E-state index in [1.807, 2.05) is 0 Å². The quantitative estimate of drug-likeness (QED) is 0.360. The Hall–Kier alpha value is -1.77. The summed E-state index contributed by atoms with van der Waals surface area (Å²) in [5.74, 6) is -2.15. The van der Waals surface area contributed by atoms with Crippen LogP contribution in [0.4, 0.5) is 0 Å². The Morgan fingerprint density at radius 1 is 1.30 bits per heavy atom. The summed E-state index contributed by atoms with van der Waals surface area (Å²) >= 11 is 0. The van der Waals surface area contributed by atoms with Gasteiger partial charge in [-0.15, -0.1) is 0 Å². The van der Waals surface area contributed by atoms with Crippen molar-refractivity contribution in [3.05, 3.63) is 12.2 Å². The molecule has 3 atom stereocenters. The number of esters is 1. The first-order chi connectivity index (χ1) is 10.8.